The minimum atomic E-state index is 1.09. The molecular weight excluding hydrogens is 194 g/mol. The lowest BCUT2D eigenvalue weighted by molar-refractivity contribution is 0.577. The molecule has 0 radical (unpaired) electrons. The number of rotatable bonds is 8. The molecule has 1 rings (SSSR count). The average molecular weight is 213 g/mol. The summed E-state index contributed by atoms with van der Waals surface area (Å²) in [5.41, 5.74) is 0. The summed E-state index contributed by atoms with van der Waals surface area (Å²) in [6.07, 6.45) is 10.3. The summed E-state index contributed by atoms with van der Waals surface area (Å²) in [7, 11) is 0. The first-order valence-electron chi connectivity index (χ1n) is 5.09. The van der Waals surface area contributed by atoms with Crippen molar-refractivity contribution >= 4 is 11.8 Å². The van der Waals surface area contributed by atoms with Crippen molar-refractivity contribution in [1.29, 1.82) is 0 Å². The Morgan fingerprint density at radius 1 is 1.36 bits per heavy atom. The third-order valence-electron chi connectivity index (χ3n) is 2.06. The molecule has 1 aromatic heterocycles. The molecule has 0 aliphatic rings. The summed E-state index contributed by atoms with van der Waals surface area (Å²) in [6.45, 7) is 3.35. The molecule has 0 aromatic carbocycles. The molecule has 1 heterocycles. The Morgan fingerprint density at radius 3 is 3.00 bits per heavy atom. The van der Waals surface area contributed by atoms with Crippen molar-refractivity contribution in [3.8, 4) is 0 Å². The second-order valence-electron chi connectivity index (χ2n) is 3.25. The first kappa shape index (κ1) is 11.6. The molecule has 0 atom stereocenters. The number of hydrogen-bond donors (Lipinski definition) is 1. The fourth-order valence-corrected chi connectivity index (χ4v) is 1.61. The molecule has 80 valence electrons. The quantitative estimate of drug-likeness (QED) is 0.665. The van der Waals surface area contributed by atoms with Crippen LogP contribution in [0.4, 0.5) is 0 Å². The summed E-state index contributed by atoms with van der Waals surface area (Å²) in [5, 5.41) is 3.42. The normalized spacial score (nSPS) is 10.6. The molecule has 0 bridgehead atoms. The Kier molecular flexibility index (Phi) is 6.53. The fraction of sp³-hybridized carbons (Fsp3) is 0.700. The molecule has 1 aromatic rings. The molecule has 0 fully saturated rings. The number of unbranched alkanes of at least 4 members (excludes halogenated alkanes) is 1. The van der Waals surface area contributed by atoms with Gasteiger partial charge in [0.15, 0.2) is 0 Å². The second kappa shape index (κ2) is 7.88. The lowest BCUT2D eigenvalue weighted by Crippen LogP contribution is -2.18. The van der Waals surface area contributed by atoms with Crippen LogP contribution in [0.2, 0.25) is 0 Å². The smallest absolute Gasteiger partial charge is 0.0945 e. The Hall–Kier alpha value is -0.480. The van der Waals surface area contributed by atoms with Gasteiger partial charge in [0.1, 0.15) is 0 Å². The van der Waals surface area contributed by atoms with E-state index >= 15 is 0 Å². The molecule has 0 spiro atoms. The summed E-state index contributed by atoms with van der Waals surface area (Å²) in [5.74, 6) is 1.21. The first-order valence-corrected chi connectivity index (χ1v) is 6.48. The van der Waals surface area contributed by atoms with E-state index in [1.165, 1.54) is 18.6 Å². The molecule has 0 saturated carbocycles. The van der Waals surface area contributed by atoms with E-state index in [9.17, 15) is 0 Å². The Morgan fingerprint density at radius 2 is 2.29 bits per heavy atom. The van der Waals surface area contributed by atoms with Crippen LogP contribution in [0.15, 0.2) is 18.7 Å². The Bertz CT molecular complexity index is 211. The number of thioether (sulfide) groups is 1. The van der Waals surface area contributed by atoms with E-state index in [1.807, 2.05) is 30.5 Å². The molecule has 0 saturated heterocycles. The van der Waals surface area contributed by atoms with Crippen molar-refractivity contribution < 1.29 is 0 Å². The molecule has 1 N–H and O–H groups in total. The van der Waals surface area contributed by atoms with Crippen LogP contribution >= 0.6 is 11.8 Å². The van der Waals surface area contributed by atoms with Crippen LogP contribution in [0.5, 0.6) is 0 Å². The average Bonchev–Trinajstić information content (AvgIpc) is 2.69. The van der Waals surface area contributed by atoms with Gasteiger partial charge in [-0.15, -0.1) is 0 Å². The van der Waals surface area contributed by atoms with Gasteiger partial charge >= 0.3 is 0 Å². The zero-order chi connectivity index (χ0) is 10.1. The van der Waals surface area contributed by atoms with E-state index in [0.717, 1.165) is 19.6 Å². The lowest BCUT2D eigenvalue weighted by Gasteiger charge is -2.04. The molecular formula is C10H19N3S. The molecule has 0 unspecified atom stereocenters. The highest BCUT2D eigenvalue weighted by Crippen LogP contribution is 1.94. The van der Waals surface area contributed by atoms with Gasteiger partial charge in [-0.25, -0.2) is 4.98 Å². The summed E-state index contributed by atoms with van der Waals surface area (Å²) in [6, 6.07) is 0. The Balaban J connectivity index is 1.85. The van der Waals surface area contributed by atoms with Crippen LogP contribution in [0.1, 0.15) is 12.8 Å². The van der Waals surface area contributed by atoms with Crippen molar-refractivity contribution in [2.75, 3.05) is 25.1 Å². The monoisotopic (exact) mass is 213 g/mol. The minimum Gasteiger partial charge on any atom is -0.337 e. The van der Waals surface area contributed by atoms with E-state index < -0.39 is 0 Å². The zero-order valence-electron chi connectivity index (χ0n) is 8.78. The van der Waals surface area contributed by atoms with Crippen molar-refractivity contribution in [3.05, 3.63) is 18.7 Å². The van der Waals surface area contributed by atoms with Gasteiger partial charge in [-0.3, -0.25) is 0 Å². The highest BCUT2D eigenvalue weighted by molar-refractivity contribution is 7.98. The van der Waals surface area contributed by atoms with Crippen LogP contribution in [-0.2, 0) is 6.54 Å². The van der Waals surface area contributed by atoms with Crippen LogP contribution in [0, 0.1) is 0 Å². The van der Waals surface area contributed by atoms with Crippen LogP contribution in [0.3, 0.4) is 0 Å². The molecule has 0 aliphatic carbocycles. The summed E-state index contributed by atoms with van der Waals surface area (Å²) in [4.78, 5) is 4.01. The predicted molar refractivity (Wildman–Crippen MR) is 62.7 cm³/mol. The van der Waals surface area contributed by atoms with E-state index in [2.05, 4.69) is 21.1 Å². The van der Waals surface area contributed by atoms with E-state index in [-0.39, 0.29) is 0 Å². The van der Waals surface area contributed by atoms with E-state index in [0.29, 0.717) is 0 Å². The third kappa shape index (κ3) is 5.29. The van der Waals surface area contributed by atoms with E-state index in [1.54, 1.807) is 0 Å². The SMILES string of the molecule is CSCCNCCCCn1ccnc1. The number of nitrogens with zero attached hydrogens (tertiary/aromatic N) is 2. The van der Waals surface area contributed by atoms with Gasteiger partial charge in [0.05, 0.1) is 6.33 Å². The maximum absolute atomic E-state index is 4.01. The first-order chi connectivity index (χ1) is 6.93. The van der Waals surface area contributed by atoms with Gasteiger partial charge in [0.25, 0.3) is 0 Å². The van der Waals surface area contributed by atoms with Crippen LogP contribution in [-0.4, -0.2) is 34.6 Å². The van der Waals surface area contributed by atoms with Gasteiger partial charge < -0.3 is 9.88 Å². The van der Waals surface area contributed by atoms with Crippen molar-refractivity contribution in [3.63, 3.8) is 0 Å². The topological polar surface area (TPSA) is 29.9 Å². The van der Waals surface area contributed by atoms with Crippen LogP contribution in [0.25, 0.3) is 0 Å². The summed E-state index contributed by atoms with van der Waals surface area (Å²) >= 11 is 1.89. The van der Waals surface area contributed by atoms with Gasteiger partial charge in [0.2, 0.25) is 0 Å². The molecule has 14 heavy (non-hydrogen) atoms. The standard InChI is InChI=1S/C10H19N3S/c1-14-9-6-11-4-2-3-7-13-8-5-12-10-13/h5,8,10-11H,2-4,6-7,9H2,1H3. The largest absolute Gasteiger partial charge is 0.337 e. The number of aryl methyl sites for hydroxylation is 1. The van der Waals surface area contributed by atoms with Gasteiger partial charge in [-0.2, -0.15) is 11.8 Å². The van der Waals surface area contributed by atoms with Crippen LogP contribution < -0.4 is 5.32 Å². The maximum atomic E-state index is 4.01. The predicted octanol–water partition coefficient (Wildman–Crippen LogP) is 1.62. The van der Waals surface area contributed by atoms with Crippen molar-refractivity contribution in [2.45, 2.75) is 19.4 Å². The second-order valence-corrected chi connectivity index (χ2v) is 4.24. The number of nitrogens with one attached hydrogen (secondary N) is 1. The highest BCUT2D eigenvalue weighted by Gasteiger charge is 1.90. The third-order valence-corrected chi connectivity index (χ3v) is 2.67. The van der Waals surface area contributed by atoms with Gasteiger partial charge in [0, 0.05) is 31.2 Å². The van der Waals surface area contributed by atoms with Crippen molar-refractivity contribution in [2.24, 2.45) is 0 Å². The zero-order valence-corrected chi connectivity index (χ0v) is 9.59. The van der Waals surface area contributed by atoms with Gasteiger partial charge in [-0.05, 0) is 25.6 Å². The molecule has 4 heteroatoms. The molecule has 0 aliphatic heterocycles. The van der Waals surface area contributed by atoms with Crippen molar-refractivity contribution in [1.82, 2.24) is 14.9 Å². The maximum Gasteiger partial charge on any atom is 0.0945 e. The fourth-order valence-electron chi connectivity index (χ4n) is 1.26. The minimum absolute atomic E-state index is 1.09. The number of aromatic nitrogens is 2. The van der Waals surface area contributed by atoms with E-state index in [4.69, 9.17) is 0 Å². The molecule has 3 nitrogen and oxygen atoms in total. The summed E-state index contributed by atoms with van der Waals surface area (Å²) < 4.78 is 2.13. The van der Waals surface area contributed by atoms with Gasteiger partial charge in [-0.1, -0.05) is 0 Å². The highest BCUT2D eigenvalue weighted by atomic mass is 32.2. The Labute approximate surface area is 90.3 Å². The number of imidazole rings is 1. The molecule has 0 amide bonds. The number of hydrogen-bond acceptors (Lipinski definition) is 3. The lowest BCUT2D eigenvalue weighted by atomic mass is 10.3.